The fourth-order valence-corrected chi connectivity index (χ4v) is 1.12. The molecule has 1 rings (SSSR count). The maximum absolute atomic E-state index is 11.2. The van der Waals surface area contributed by atoms with Gasteiger partial charge in [-0.3, -0.25) is 5.11 Å². The summed E-state index contributed by atoms with van der Waals surface area (Å²) in [5.74, 6) is 0.494. The van der Waals surface area contributed by atoms with Gasteiger partial charge in [0.1, 0.15) is 0 Å². The molecule has 0 aliphatic rings. The Hall–Kier alpha value is -0.980. The molecule has 0 aliphatic heterocycles. The van der Waals surface area contributed by atoms with Crippen LogP contribution < -0.4 is 0 Å². The molecule has 0 amide bonds. The Balaban J connectivity index is 3.13. The van der Waals surface area contributed by atoms with Crippen molar-refractivity contribution in [2.75, 3.05) is 0 Å². The fourth-order valence-electron chi connectivity index (χ4n) is 1.12. The summed E-state index contributed by atoms with van der Waals surface area (Å²) >= 11 is 0. The highest BCUT2D eigenvalue weighted by molar-refractivity contribution is 5.37. The number of hydrogen-bond acceptors (Lipinski definition) is 0. The third kappa shape index (κ3) is 1.73. The second kappa shape index (κ2) is 2.95. The molecule has 0 bridgehead atoms. The Kier molecular flexibility index (Phi) is 2.18. The SMILES string of the molecule is Cc1ccc([O])c(C(C)C)c1. The van der Waals surface area contributed by atoms with Crippen molar-refractivity contribution in [3.63, 3.8) is 0 Å². The van der Waals surface area contributed by atoms with Gasteiger partial charge in [-0.05, 0) is 18.9 Å². The molecule has 0 aliphatic carbocycles. The van der Waals surface area contributed by atoms with Crippen LogP contribution in [-0.2, 0) is 5.11 Å². The zero-order valence-corrected chi connectivity index (χ0v) is 7.22. The predicted molar refractivity (Wildman–Crippen MR) is 45.4 cm³/mol. The van der Waals surface area contributed by atoms with Crippen LogP contribution in [0.15, 0.2) is 18.2 Å². The minimum atomic E-state index is 0.158. The van der Waals surface area contributed by atoms with Gasteiger partial charge in [0.2, 0.25) is 0 Å². The van der Waals surface area contributed by atoms with Gasteiger partial charge < -0.3 is 0 Å². The molecule has 0 saturated heterocycles. The molecule has 59 valence electrons. The normalized spacial score (nSPS) is 10.5. The molecule has 11 heavy (non-hydrogen) atoms. The van der Waals surface area contributed by atoms with Crippen LogP contribution in [0.4, 0.5) is 0 Å². The highest BCUT2D eigenvalue weighted by Gasteiger charge is 2.06. The zero-order valence-electron chi connectivity index (χ0n) is 7.22. The van der Waals surface area contributed by atoms with Crippen LogP contribution in [0.25, 0.3) is 0 Å². The molecular weight excluding hydrogens is 136 g/mol. The second-order valence-corrected chi connectivity index (χ2v) is 3.20. The van der Waals surface area contributed by atoms with Gasteiger partial charge >= 0.3 is 0 Å². The largest absolute Gasteiger partial charge is 0.290 e. The first-order valence-corrected chi connectivity index (χ1v) is 3.89. The first kappa shape index (κ1) is 8.12. The molecule has 0 heterocycles. The molecular formula is C10H13O. The highest BCUT2D eigenvalue weighted by atomic mass is 16.3. The Morgan fingerprint density at radius 1 is 1.27 bits per heavy atom. The minimum Gasteiger partial charge on any atom is -0.290 e. The quantitative estimate of drug-likeness (QED) is 0.584. The minimum absolute atomic E-state index is 0.158. The van der Waals surface area contributed by atoms with E-state index in [-0.39, 0.29) is 5.75 Å². The van der Waals surface area contributed by atoms with E-state index in [4.69, 9.17) is 0 Å². The van der Waals surface area contributed by atoms with Crippen molar-refractivity contribution in [1.82, 2.24) is 0 Å². The number of aryl methyl sites for hydroxylation is 1. The summed E-state index contributed by atoms with van der Waals surface area (Å²) in [6, 6.07) is 5.46. The number of hydrogen-bond donors (Lipinski definition) is 0. The smallest absolute Gasteiger partial charge is 0.182 e. The summed E-state index contributed by atoms with van der Waals surface area (Å²) in [6.07, 6.45) is 0. The molecule has 0 aromatic heterocycles. The summed E-state index contributed by atoms with van der Waals surface area (Å²) in [5.41, 5.74) is 2.08. The average Bonchev–Trinajstić information content (AvgIpc) is 1.94. The van der Waals surface area contributed by atoms with Gasteiger partial charge in [-0.25, -0.2) is 0 Å². The maximum atomic E-state index is 11.2. The van der Waals surface area contributed by atoms with Crippen molar-refractivity contribution < 1.29 is 5.11 Å². The molecule has 0 N–H and O–H groups in total. The Morgan fingerprint density at radius 3 is 2.36 bits per heavy atom. The van der Waals surface area contributed by atoms with Crippen molar-refractivity contribution in [1.29, 1.82) is 0 Å². The summed E-state index contributed by atoms with van der Waals surface area (Å²) in [7, 11) is 0. The van der Waals surface area contributed by atoms with Crippen LogP contribution in [-0.4, -0.2) is 0 Å². The molecule has 1 heteroatoms. The van der Waals surface area contributed by atoms with Crippen molar-refractivity contribution >= 4 is 0 Å². The first-order valence-electron chi connectivity index (χ1n) is 3.89. The van der Waals surface area contributed by atoms with Gasteiger partial charge in [0.25, 0.3) is 0 Å². The third-order valence-electron chi connectivity index (χ3n) is 1.79. The Labute approximate surface area is 67.7 Å². The molecule has 1 radical (unpaired) electrons. The van der Waals surface area contributed by atoms with E-state index >= 15 is 0 Å². The predicted octanol–water partition coefficient (Wildman–Crippen LogP) is 3.26. The van der Waals surface area contributed by atoms with Crippen LogP contribution >= 0.6 is 0 Å². The van der Waals surface area contributed by atoms with Gasteiger partial charge in [0.05, 0.1) is 0 Å². The lowest BCUT2D eigenvalue weighted by molar-refractivity contribution is 0.348. The lowest BCUT2D eigenvalue weighted by Gasteiger charge is -2.06. The van der Waals surface area contributed by atoms with E-state index in [1.165, 1.54) is 0 Å². The molecule has 0 unspecified atom stereocenters. The lowest BCUT2D eigenvalue weighted by Crippen LogP contribution is -1.87. The molecule has 1 aromatic carbocycles. The van der Waals surface area contributed by atoms with Gasteiger partial charge in [-0.1, -0.05) is 31.5 Å². The van der Waals surface area contributed by atoms with Crippen molar-refractivity contribution in [3.05, 3.63) is 29.3 Å². The van der Waals surface area contributed by atoms with E-state index in [2.05, 4.69) is 0 Å². The van der Waals surface area contributed by atoms with Gasteiger partial charge in [0, 0.05) is 5.56 Å². The van der Waals surface area contributed by atoms with E-state index in [0.29, 0.717) is 5.92 Å². The molecule has 0 atom stereocenters. The summed E-state index contributed by atoms with van der Waals surface area (Å²) in [6.45, 7) is 6.08. The van der Waals surface area contributed by atoms with Crippen LogP contribution in [0.1, 0.15) is 30.9 Å². The van der Waals surface area contributed by atoms with E-state index in [1.807, 2.05) is 32.9 Å². The van der Waals surface area contributed by atoms with E-state index < -0.39 is 0 Å². The summed E-state index contributed by atoms with van der Waals surface area (Å²) in [5, 5.41) is 11.2. The average molecular weight is 149 g/mol. The van der Waals surface area contributed by atoms with E-state index in [9.17, 15) is 5.11 Å². The van der Waals surface area contributed by atoms with Gasteiger partial charge in [0.15, 0.2) is 5.75 Å². The second-order valence-electron chi connectivity index (χ2n) is 3.20. The Morgan fingerprint density at radius 2 is 1.91 bits per heavy atom. The van der Waals surface area contributed by atoms with E-state index in [0.717, 1.165) is 11.1 Å². The maximum Gasteiger partial charge on any atom is 0.182 e. The van der Waals surface area contributed by atoms with Crippen LogP contribution in [0.3, 0.4) is 0 Å². The molecule has 1 aromatic rings. The molecule has 0 spiro atoms. The summed E-state index contributed by atoms with van der Waals surface area (Å²) < 4.78 is 0. The van der Waals surface area contributed by atoms with Crippen molar-refractivity contribution in [2.45, 2.75) is 26.7 Å². The van der Waals surface area contributed by atoms with Gasteiger partial charge in [-0.15, -0.1) is 0 Å². The van der Waals surface area contributed by atoms with Crippen LogP contribution in [0.2, 0.25) is 0 Å². The number of rotatable bonds is 1. The topological polar surface area (TPSA) is 19.9 Å². The highest BCUT2D eigenvalue weighted by Crippen LogP contribution is 2.26. The standard InChI is InChI=1S/C10H13O/c1-7(2)9-6-8(3)4-5-10(9)11/h4-7H,1-3H3. The Bertz CT molecular complexity index is 251. The number of benzene rings is 1. The summed E-state index contributed by atoms with van der Waals surface area (Å²) in [4.78, 5) is 0. The van der Waals surface area contributed by atoms with Crippen LogP contribution in [0.5, 0.6) is 5.75 Å². The monoisotopic (exact) mass is 149 g/mol. The molecule has 1 nitrogen and oxygen atoms in total. The fraction of sp³-hybridized carbons (Fsp3) is 0.400. The lowest BCUT2D eigenvalue weighted by atomic mass is 10.0. The zero-order chi connectivity index (χ0) is 8.43. The third-order valence-corrected chi connectivity index (χ3v) is 1.79. The molecule has 0 fully saturated rings. The van der Waals surface area contributed by atoms with E-state index in [1.54, 1.807) is 6.07 Å². The van der Waals surface area contributed by atoms with Crippen LogP contribution in [0, 0.1) is 6.92 Å². The first-order chi connectivity index (χ1) is 5.11. The van der Waals surface area contributed by atoms with Gasteiger partial charge in [-0.2, -0.15) is 0 Å². The van der Waals surface area contributed by atoms with Crippen molar-refractivity contribution in [2.24, 2.45) is 0 Å². The molecule has 0 saturated carbocycles. The van der Waals surface area contributed by atoms with Crippen molar-refractivity contribution in [3.8, 4) is 5.75 Å².